The maximum atomic E-state index is 12.7. The minimum Gasteiger partial charge on any atom is -0.444 e. The molecule has 0 aliphatic carbocycles. The fourth-order valence-corrected chi connectivity index (χ4v) is 3.42. The first-order valence-corrected chi connectivity index (χ1v) is 10.4. The Bertz CT molecular complexity index is 1120. The molecule has 0 spiro atoms. The van der Waals surface area contributed by atoms with E-state index in [9.17, 15) is 9.59 Å². The van der Waals surface area contributed by atoms with Gasteiger partial charge in [0.2, 0.25) is 5.89 Å². The highest BCUT2D eigenvalue weighted by Crippen LogP contribution is 2.22. The number of carbonyl (C=O) groups excluding carboxylic acids is 2. The normalized spacial score (nSPS) is 15.5. The predicted octanol–water partition coefficient (Wildman–Crippen LogP) is 1.38. The second-order valence-corrected chi connectivity index (χ2v) is 7.55. The van der Waals surface area contributed by atoms with Crippen molar-refractivity contribution in [3.8, 4) is 11.5 Å². The van der Waals surface area contributed by atoms with Gasteiger partial charge in [-0.05, 0) is 18.6 Å². The van der Waals surface area contributed by atoms with E-state index in [-0.39, 0.29) is 23.0 Å². The first-order valence-electron chi connectivity index (χ1n) is 10.4. The first kappa shape index (κ1) is 22.4. The highest BCUT2D eigenvalue weighted by Gasteiger charge is 2.22. The Morgan fingerprint density at radius 2 is 2.27 bits per heavy atom. The van der Waals surface area contributed by atoms with Crippen LogP contribution >= 0.6 is 0 Å². The number of pyridine rings is 1. The van der Waals surface area contributed by atoms with Crippen molar-refractivity contribution in [3.05, 3.63) is 42.2 Å². The molecule has 2 amide bonds. The molecule has 12 nitrogen and oxygen atoms in total. The average Bonchev–Trinajstić information content (AvgIpc) is 3.56. The Hall–Kier alpha value is -3.77. The summed E-state index contributed by atoms with van der Waals surface area (Å²) < 4.78 is 17.5. The summed E-state index contributed by atoms with van der Waals surface area (Å²) in [5.74, 6) is -0.118. The lowest BCUT2D eigenvalue weighted by Crippen LogP contribution is -2.18. The minimum absolute atomic E-state index is 0.0214. The summed E-state index contributed by atoms with van der Waals surface area (Å²) in [6.07, 6.45) is 5.34. The second-order valence-electron chi connectivity index (χ2n) is 7.55. The fraction of sp³-hybridized carbons (Fsp3) is 0.381. The highest BCUT2D eigenvalue weighted by atomic mass is 16.5. The maximum Gasteiger partial charge on any atom is 0.277 e. The summed E-state index contributed by atoms with van der Waals surface area (Å²) in [4.78, 5) is 33.1. The Labute approximate surface area is 189 Å². The Balaban J connectivity index is 1.46. The van der Waals surface area contributed by atoms with Crippen molar-refractivity contribution in [1.29, 1.82) is 0 Å². The molecule has 4 N–H and O–H groups in total. The van der Waals surface area contributed by atoms with Crippen LogP contribution in [0.15, 0.2) is 35.2 Å². The monoisotopic (exact) mass is 455 g/mol. The van der Waals surface area contributed by atoms with Gasteiger partial charge in [0.1, 0.15) is 12.1 Å². The highest BCUT2D eigenvalue weighted by molar-refractivity contribution is 6.07. The predicted molar refractivity (Wildman–Crippen MR) is 118 cm³/mol. The molecule has 4 rings (SSSR count). The van der Waals surface area contributed by atoms with Crippen LogP contribution in [-0.2, 0) is 16.0 Å². The molecule has 12 heteroatoms. The molecule has 4 heterocycles. The number of methoxy groups -OCH3 is 1. The molecular weight excluding hydrogens is 430 g/mol. The third kappa shape index (κ3) is 5.54. The van der Waals surface area contributed by atoms with E-state index in [0.29, 0.717) is 50.2 Å². The van der Waals surface area contributed by atoms with Crippen LogP contribution in [0.25, 0.3) is 11.5 Å². The number of anilines is 2. The van der Waals surface area contributed by atoms with Gasteiger partial charge in [0.05, 0.1) is 18.9 Å². The maximum absolute atomic E-state index is 12.7. The van der Waals surface area contributed by atoms with Gasteiger partial charge in [-0.15, -0.1) is 0 Å². The number of nitrogens with one attached hydrogen (secondary N) is 2. The summed E-state index contributed by atoms with van der Waals surface area (Å²) >= 11 is 0. The molecule has 1 aliphatic rings. The number of hydrogen-bond donors (Lipinski definition) is 3. The molecule has 33 heavy (non-hydrogen) atoms. The summed E-state index contributed by atoms with van der Waals surface area (Å²) in [5, 5.41) is 9.98. The van der Waals surface area contributed by atoms with Crippen molar-refractivity contribution < 1.29 is 23.5 Å². The Kier molecular flexibility index (Phi) is 6.95. The molecule has 0 saturated carbocycles. The van der Waals surface area contributed by atoms with Crippen molar-refractivity contribution >= 4 is 23.3 Å². The molecule has 3 aromatic rings. The number of rotatable bonds is 10. The summed E-state index contributed by atoms with van der Waals surface area (Å²) in [6.45, 7) is 3.03. The number of nitrogens with two attached hydrogens (primary N) is 1. The van der Waals surface area contributed by atoms with Crippen molar-refractivity contribution in [2.75, 3.05) is 44.1 Å². The van der Waals surface area contributed by atoms with Crippen molar-refractivity contribution in [2.45, 2.75) is 13.0 Å². The number of oxazole rings is 1. The number of amides is 2. The van der Waals surface area contributed by atoms with Crippen LogP contribution in [0.4, 0.5) is 11.5 Å². The van der Waals surface area contributed by atoms with E-state index in [2.05, 4.69) is 25.7 Å². The fourth-order valence-electron chi connectivity index (χ4n) is 3.42. The molecule has 0 radical (unpaired) electrons. The summed E-state index contributed by atoms with van der Waals surface area (Å²) in [7, 11) is 1.62. The van der Waals surface area contributed by atoms with E-state index in [1.807, 2.05) is 0 Å². The van der Waals surface area contributed by atoms with Gasteiger partial charge < -0.3 is 30.3 Å². The molecule has 0 aromatic carbocycles. The number of carbonyl (C=O) groups is 2. The summed E-state index contributed by atoms with van der Waals surface area (Å²) in [5.41, 5.74) is 6.33. The van der Waals surface area contributed by atoms with Crippen LogP contribution in [-0.4, -0.2) is 65.0 Å². The van der Waals surface area contributed by atoms with Crippen LogP contribution in [0.5, 0.6) is 0 Å². The molecule has 174 valence electrons. The third-order valence-corrected chi connectivity index (χ3v) is 5.07. The van der Waals surface area contributed by atoms with Crippen LogP contribution < -0.4 is 16.4 Å². The zero-order chi connectivity index (χ0) is 23.2. The van der Waals surface area contributed by atoms with Gasteiger partial charge in [0.15, 0.2) is 11.4 Å². The lowest BCUT2D eigenvalue weighted by molar-refractivity contribution is 0.0995. The van der Waals surface area contributed by atoms with E-state index in [1.54, 1.807) is 36.3 Å². The molecule has 1 fully saturated rings. The van der Waals surface area contributed by atoms with Crippen molar-refractivity contribution in [3.63, 3.8) is 0 Å². The lowest BCUT2D eigenvalue weighted by atomic mass is 10.1. The Morgan fingerprint density at radius 3 is 3.03 bits per heavy atom. The average molecular weight is 455 g/mol. The van der Waals surface area contributed by atoms with E-state index in [0.717, 1.165) is 6.42 Å². The van der Waals surface area contributed by atoms with Gasteiger partial charge >= 0.3 is 0 Å². The second kappa shape index (κ2) is 10.2. The zero-order valence-corrected chi connectivity index (χ0v) is 18.1. The van der Waals surface area contributed by atoms with Gasteiger partial charge in [-0.25, -0.2) is 9.97 Å². The molecule has 1 unspecified atom stereocenters. The quantitative estimate of drug-likeness (QED) is 0.384. The van der Waals surface area contributed by atoms with E-state index in [4.69, 9.17) is 19.6 Å². The minimum atomic E-state index is -0.738. The molecule has 1 aliphatic heterocycles. The first-order chi connectivity index (χ1) is 16.0. The van der Waals surface area contributed by atoms with Crippen molar-refractivity contribution in [2.24, 2.45) is 11.7 Å². The molecule has 1 saturated heterocycles. The van der Waals surface area contributed by atoms with Crippen LogP contribution in [0.1, 0.15) is 27.4 Å². The smallest absolute Gasteiger partial charge is 0.277 e. The zero-order valence-electron chi connectivity index (χ0n) is 18.1. The number of aromatic nitrogens is 4. The van der Waals surface area contributed by atoms with E-state index < -0.39 is 11.8 Å². The number of primary amides is 1. The standard InChI is InChI=1S/C21H25N7O5/c1-31-7-5-24-17-8-14(2-4-23-17)21-26-16(12-33-21)20(30)25-15-10-28(27-18(15)19(22)29)9-13-3-6-32-11-13/h2,4,8,10,12-13H,3,5-7,9,11H2,1H3,(H2,22,29)(H,23,24)(H,25,30). The van der Waals surface area contributed by atoms with Gasteiger partial charge in [0.25, 0.3) is 11.8 Å². The third-order valence-electron chi connectivity index (χ3n) is 5.07. The summed E-state index contributed by atoms with van der Waals surface area (Å²) in [6, 6.07) is 3.47. The molecule has 3 aromatic heterocycles. The number of hydrogen-bond acceptors (Lipinski definition) is 9. The lowest BCUT2D eigenvalue weighted by Gasteiger charge is -2.06. The number of nitrogens with zero attached hydrogens (tertiary/aromatic N) is 4. The van der Waals surface area contributed by atoms with Gasteiger partial charge in [-0.3, -0.25) is 14.3 Å². The SMILES string of the molecule is COCCNc1cc(-c2nc(C(=O)Nc3cn(CC4CCOC4)nc3C(N)=O)co2)ccn1. The largest absolute Gasteiger partial charge is 0.444 e. The van der Waals surface area contributed by atoms with Crippen LogP contribution in [0.3, 0.4) is 0 Å². The molecular formula is C21H25N7O5. The topological polar surface area (TPSA) is 159 Å². The van der Waals surface area contributed by atoms with Crippen LogP contribution in [0, 0.1) is 5.92 Å². The molecule has 0 bridgehead atoms. The Morgan fingerprint density at radius 1 is 1.39 bits per heavy atom. The van der Waals surface area contributed by atoms with Gasteiger partial charge in [-0.1, -0.05) is 0 Å². The number of ether oxygens (including phenoxy) is 2. The van der Waals surface area contributed by atoms with E-state index >= 15 is 0 Å². The van der Waals surface area contributed by atoms with Crippen LogP contribution in [0.2, 0.25) is 0 Å². The van der Waals surface area contributed by atoms with E-state index in [1.165, 1.54) is 6.26 Å². The molecule has 1 atom stereocenters. The van der Waals surface area contributed by atoms with Crippen molar-refractivity contribution in [1.82, 2.24) is 19.7 Å². The van der Waals surface area contributed by atoms with Gasteiger partial charge in [0, 0.05) is 50.7 Å². The van der Waals surface area contributed by atoms with Gasteiger partial charge in [-0.2, -0.15) is 5.10 Å².